The number of nitrogens with one attached hydrogen (secondary N) is 2. The summed E-state index contributed by atoms with van der Waals surface area (Å²) in [4.78, 5) is 9.28. The van der Waals surface area contributed by atoms with Crippen LogP contribution in [0.2, 0.25) is 5.02 Å². The number of pyridine rings is 1. The number of halogens is 1. The topological polar surface area (TPSA) is 76.4 Å². The van der Waals surface area contributed by atoms with E-state index in [-0.39, 0.29) is 12.1 Å². The average molecular weight is 423 g/mol. The van der Waals surface area contributed by atoms with Gasteiger partial charge in [-0.2, -0.15) is 5.10 Å². The Morgan fingerprint density at radius 1 is 1.23 bits per heavy atom. The first kappa shape index (κ1) is 19.1. The third-order valence-electron chi connectivity index (χ3n) is 5.47. The standard InChI is InChI=1S/C22H23ClN6O/c1-14(27-18-7-10-26-29-12-11-25-21(18)29)19-13-15-3-2-4-17(23)20(15)22(28-19)30-16-5-8-24-9-6-16/h2-4,7,10-14,16,24,27H,5-6,8-9H2,1H3/t14-/m0/s1. The minimum Gasteiger partial charge on any atom is -0.474 e. The minimum absolute atomic E-state index is 0.0633. The van der Waals surface area contributed by atoms with Crippen molar-refractivity contribution >= 4 is 33.7 Å². The highest BCUT2D eigenvalue weighted by molar-refractivity contribution is 6.36. The lowest BCUT2D eigenvalue weighted by Crippen LogP contribution is -2.34. The molecule has 1 saturated heterocycles. The Labute approximate surface area is 179 Å². The second-order valence-corrected chi connectivity index (χ2v) is 7.97. The van der Waals surface area contributed by atoms with Crippen LogP contribution < -0.4 is 15.4 Å². The van der Waals surface area contributed by atoms with Crippen molar-refractivity contribution in [2.75, 3.05) is 18.4 Å². The minimum atomic E-state index is -0.0633. The van der Waals surface area contributed by atoms with Crippen LogP contribution in [0.3, 0.4) is 0 Å². The van der Waals surface area contributed by atoms with Crippen LogP contribution in [0.15, 0.2) is 48.9 Å². The van der Waals surface area contributed by atoms with E-state index >= 15 is 0 Å². The Bertz CT molecular complexity index is 1190. The molecule has 1 aromatic carbocycles. The molecule has 2 N–H and O–H groups in total. The van der Waals surface area contributed by atoms with E-state index < -0.39 is 0 Å². The molecule has 8 heteroatoms. The fraction of sp³-hybridized carbons (Fsp3) is 0.318. The van der Waals surface area contributed by atoms with Crippen molar-refractivity contribution in [3.05, 3.63) is 59.6 Å². The number of ether oxygens (including phenoxy) is 1. The first-order chi connectivity index (χ1) is 14.7. The molecule has 7 nitrogen and oxygen atoms in total. The van der Waals surface area contributed by atoms with Crippen molar-refractivity contribution in [1.29, 1.82) is 0 Å². The summed E-state index contributed by atoms with van der Waals surface area (Å²) in [6, 6.07) is 9.81. The first-order valence-electron chi connectivity index (χ1n) is 10.2. The number of aromatic nitrogens is 4. The molecular formula is C22H23ClN6O. The Balaban J connectivity index is 1.51. The molecular weight excluding hydrogens is 400 g/mol. The molecule has 0 bridgehead atoms. The van der Waals surface area contributed by atoms with E-state index in [0.29, 0.717) is 10.9 Å². The van der Waals surface area contributed by atoms with Gasteiger partial charge in [-0.25, -0.2) is 14.5 Å². The van der Waals surface area contributed by atoms with Gasteiger partial charge >= 0.3 is 0 Å². The summed E-state index contributed by atoms with van der Waals surface area (Å²) in [7, 11) is 0. The summed E-state index contributed by atoms with van der Waals surface area (Å²) in [6.45, 7) is 3.99. The van der Waals surface area contributed by atoms with E-state index in [1.165, 1.54) is 0 Å². The summed E-state index contributed by atoms with van der Waals surface area (Å²) >= 11 is 6.53. The van der Waals surface area contributed by atoms with Crippen LogP contribution >= 0.6 is 11.6 Å². The number of imidazole rings is 1. The van der Waals surface area contributed by atoms with E-state index in [1.807, 2.05) is 30.5 Å². The normalized spacial score (nSPS) is 16.1. The number of rotatable bonds is 5. The fourth-order valence-electron chi connectivity index (χ4n) is 3.89. The van der Waals surface area contributed by atoms with E-state index in [1.54, 1.807) is 16.9 Å². The number of piperidine rings is 1. The van der Waals surface area contributed by atoms with Gasteiger partial charge in [0.25, 0.3) is 0 Å². The van der Waals surface area contributed by atoms with Gasteiger partial charge in [0, 0.05) is 12.4 Å². The van der Waals surface area contributed by atoms with Crippen molar-refractivity contribution in [2.45, 2.75) is 31.9 Å². The molecule has 0 amide bonds. The van der Waals surface area contributed by atoms with Crippen LogP contribution in [0, 0.1) is 0 Å². The second-order valence-electron chi connectivity index (χ2n) is 7.56. The molecule has 1 aliphatic rings. The molecule has 0 radical (unpaired) electrons. The molecule has 0 unspecified atom stereocenters. The zero-order valence-electron chi connectivity index (χ0n) is 16.7. The number of fused-ring (bicyclic) bond motifs is 2. The van der Waals surface area contributed by atoms with Crippen LogP contribution in [0.1, 0.15) is 31.5 Å². The Hall–Kier alpha value is -2.90. The number of hydrogen-bond donors (Lipinski definition) is 2. The number of nitrogens with zero attached hydrogens (tertiary/aromatic N) is 4. The third-order valence-corrected chi connectivity index (χ3v) is 5.78. The zero-order chi connectivity index (χ0) is 20.5. The third kappa shape index (κ3) is 3.66. The highest BCUT2D eigenvalue weighted by Gasteiger charge is 2.20. The molecule has 1 atom stereocenters. The van der Waals surface area contributed by atoms with Crippen LogP contribution in [0.5, 0.6) is 5.88 Å². The van der Waals surface area contributed by atoms with Crippen molar-refractivity contribution in [3.8, 4) is 5.88 Å². The maximum Gasteiger partial charge on any atom is 0.223 e. The average Bonchev–Trinajstić information content (AvgIpc) is 3.24. The van der Waals surface area contributed by atoms with Crippen LogP contribution in [-0.2, 0) is 0 Å². The van der Waals surface area contributed by atoms with Gasteiger partial charge in [0.05, 0.1) is 34.0 Å². The van der Waals surface area contributed by atoms with E-state index in [0.717, 1.165) is 53.7 Å². The molecule has 5 rings (SSSR count). The van der Waals surface area contributed by atoms with Crippen molar-refractivity contribution < 1.29 is 4.74 Å². The summed E-state index contributed by atoms with van der Waals surface area (Å²) in [6.07, 6.45) is 7.37. The summed E-state index contributed by atoms with van der Waals surface area (Å²) < 4.78 is 8.10. The van der Waals surface area contributed by atoms with Gasteiger partial charge < -0.3 is 15.4 Å². The molecule has 0 aliphatic carbocycles. The fourth-order valence-corrected chi connectivity index (χ4v) is 4.15. The van der Waals surface area contributed by atoms with Gasteiger partial charge in [-0.3, -0.25) is 0 Å². The molecule has 4 aromatic rings. The quantitative estimate of drug-likeness (QED) is 0.501. The predicted octanol–water partition coefficient (Wildman–Crippen LogP) is 4.23. The van der Waals surface area contributed by atoms with E-state index in [2.05, 4.69) is 33.7 Å². The highest BCUT2D eigenvalue weighted by Crippen LogP contribution is 2.34. The lowest BCUT2D eigenvalue weighted by atomic mass is 10.1. The van der Waals surface area contributed by atoms with Gasteiger partial charge in [-0.05, 0) is 56.4 Å². The molecule has 154 valence electrons. The summed E-state index contributed by atoms with van der Waals surface area (Å²) in [5.74, 6) is 0.606. The molecule has 1 fully saturated rings. The van der Waals surface area contributed by atoms with E-state index in [9.17, 15) is 0 Å². The lowest BCUT2D eigenvalue weighted by Gasteiger charge is -2.25. The van der Waals surface area contributed by atoms with Crippen LogP contribution in [-0.4, -0.2) is 38.8 Å². The summed E-state index contributed by atoms with van der Waals surface area (Å²) in [5.41, 5.74) is 2.56. The number of hydrogen-bond acceptors (Lipinski definition) is 6. The number of benzene rings is 1. The van der Waals surface area contributed by atoms with Gasteiger partial charge in [-0.1, -0.05) is 23.7 Å². The molecule has 0 saturated carbocycles. The van der Waals surface area contributed by atoms with Crippen molar-refractivity contribution in [2.24, 2.45) is 0 Å². The van der Waals surface area contributed by atoms with Crippen molar-refractivity contribution in [3.63, 3.8) is 0 Å². The molecule has 30 heavy (non-hydrogen) atoms. The Morgan fingerprint density at radius 3 is 2.97 bits per heavy atom. The van der Waals surface area contributed by atoms with Gasteiger partial charge in [0.2, 0.25) is 5.88 Å². The van der Waals surface area contributed by atoms with Crippen LogP contribution in [0.4, 0.5) is 5.69 Å². The second kappa shape index (κ2) is 8.08. The molecule has 0 spiro atoms. The maximum absolute atomic E-state index is 6.53. The van der Waals surface area contributed by atoms with E-state index in [4.69, 9.17) is 21.3 Å². The number of anilines is 1. The smallest absolute Gasteiger partial charge is 0.223 e. The van der Waals surface area contributed by atoms with Crippen molar-refractivity contribution in [1.82, 2.24) is 24.9 Å². The van der Waals surface area contributed by atoms with Gasteiger partial charge in [-0.15, -0.1) is 0 Å². The molecule has 3 aromatic heterocycles. The predicted molar refractivity (Wildman–Crippen MR) is 118 cm³/mol. The zero-order valence-corrected chi connectivity index (χ0v) is 17.4. The molecule has 4 heterocycles. The maximum atomic E-state index is 6.53. The Kier molecular flexibility index (Phi) is 5.14. The Morgan fingerprint density at radius 2 is 2.10 bits per heavy atom. The first-order valence-corrected chi connectivity index (χ1v) is 10.6. The SMILES string of the molecule is C[C@H](Nc1ccnn2ccnc12)c1cc2cccc(Cl)c2c(OC2CCNCC2)n1. The highest BCUT2D eigenvalue weighted by atomic mass is 35.5. The summed E-state index contributed by atoms with van der Waals surface area (Å²) in [5, 5.41) is 13.7. The monoisotopic (exact) mass is 422 g/mol. The largest absolute Gasteiger partial charge is 0.474 e. The molecule has 1 aliphatic heterocycles. The lowest BCUT2D eigenvalue weighted by molar-refractivity contribution is 0.158. The van der Waals surface area contributed by atoms with Gasteiger partial charge in [0.15, 0.2) is 5.65 Å². The van der Waals surface area contributed by atoms with Crippen LogP contribution in [0.25, 0.3) is 16.4 Å². The van der Waals surface area contributed by atoms with Gasteiger partial charge in [0.1, 0.15) is 6.10 Å².